The Bertz CT molecular complexity index is 971. The highest BCUT2D eigenvalue weighted by molar-refractivity contribution is 6.02. The smallest absolute Gasteiger partial charge is 0.279 e. The molecule has 2 aromatic carbocycles. The molecule has 1 heterocycles. The third-order valence-electron chi connectivity index (χ3n) is 4.23. The Morgan fingerprint density at radius 1 is 1.26 bits per heavy atom. The number of fused-ring (bicyclic) bond motifs is 1. The third-order valence-corrected chi connectivity index (χ3v) is 4.23. The second kappa shape index (κ2) is 7.36. The van der Waals surface area contributed by atoms with Gasteiger partial charge in [0.2, 0.25) is 11.8 Å². The lowest BCUT2D eigenvalue weighted by atomic mass is 10.1. The Hall–Kier alpha value is -3.55. The van der Waals surface area contributed by atoms with Crippen LogP contribution in [0, 0.1) is 15.9 Å². The highest BCUT2D eigenvalue weighted by Gasteiger charge is 2.22. The fraction of sp³-hybridized carbons (Fsp3) is 0.158. The maximum absolute atomic E-state index is 13.1. The molecule has 0 aliphatic carbocycles. The molecule has 138 valence electrons. The zero-order chi connectivity index (χ0) is 19.6. The van der Waals surface area contributed by atoms with Gasteiger partial charge in [-0.15, -0.1) is 0 Å². The number of nitrogens with one attached hydrogen (secondary N) is 1. The Morgan fingerprint density at radius 3 is 2.74 bits per heavy atom. The van der Waals surface area contributed by atoms with Crippen LogP contribution < -0.4 is 10.2 Å². The van der Waals surface area contributed by atoms with Gasteiger partial charge in [-0.2, -0.15) is 0 Å². The summed E-state index contributed by atoms with van der Waals surface area (Å²) in [6, 6.07) is 8.39. The van der Waals surface area contributed by atoms with E-state index in [1.807, 2.05) is 0 Å². The van der Waals surface area contributed by atoms with Crippen LogP contribution in [0.3, 0.4) is 0 Å². The third kappa shape index (κ3) is 4.00. The molecule has 0 saturated heterocycles. The minimum atomic E-state index is -0.721. The highest BCUT2D eigenvalue weighted by atomic mass is 19.1. The number of nitrogens with zero attached hydrogens (tertiary/aromatic N) is 2. The lowest BCUT2D eigenvalue weighted by Crippen LogP contribution is -2.25. The number of rotatable bonds is 4. The summed E-state index contributed by atoms with van der Waals surface area (Å²) < 4.78 is 13.1. The van der Waals surface area contributed by atoms with E-state index in [1.165, 1.54) is 19.1 Å². The van der Waals surface area contributed by atoms with Crippen molar-refractivity contribution in [3.63, 3.8) is 0 Å². The predicted octanol–water partition coefficient (Wildman–Crippen LogP) is 3.29. The van der Waals surface area contributed by atoms with E-state index in [1.54, 1.807) is 23.1 Å². The zero-order valence-corrected chi connectivity index (χ0v) is 14.4. The fourth-order valence-electron chi connectivity index (χ4n) is 2.97. The first-order valence-electron chi connectivity index (χ1n) is 8.19. The summed E-state index contributed by atoms with van der Waals surface area (Å²) in [4.78, 5) is 35.6. The van der Waals surface area contributed by atoms with Crippen LogP contribution in [0.5, 0.6) is 0 Å². The van der Waals surface area contributed by atoms with Crippen molar-refractivity contribution in [2.45, 2.75) is 13.3 Å². The Morgan fingerprint density at radius 2 is 2.04 bits per heavy atom. The van der Waals surface area contributed by atoms with E-state index in [2.05, 4.69) is 5.32 Å². The van der Waals surface area contributed by atoms with Crippen LogP contribution in [0.2, 0.25) is 0 Å². The van der Waals surface area contributed by atoms with E-state index >= 15 is 0 Å². The van der Waals surface area contributed by atoms with E-state index in [0.717, 1.165) is 29.5 Å². The van der Waals surface area contributed by atoms with Gasteiger partial charge in [0.05, 0.1) is 16.6 Å². The quantitative estimate of drug-likeness (QED) is 0.508. The number of hydrogen-bond donors (Lipinski definition) is 1. The van der Waals surface area contributed by atoms with Gasteiger partial charge in [-0.05, 0) is 48.4 Å². The van der Waals surface area contributed by atoms with Gasteiger partial charge >= 0.3 is 0 Å². The summed E-state index contributed by atoms with van der Waals surface area (Å²) in [6.07, 6.45) is 3.11. The van der Waals surface area contributed by atoms with Crippen molar-refractivity contribution in [3.8, 4) is 0 Å². The van der Waals surface area contributed by atoms with Crippen molar-refractivity contribution in [1.29, 1.82) is 0 Å². The van der Waals surface area contributed by atoms with Crippen LogP contribution in [0.15, 0.2) is 42.5 Å². The number of anilines is 2. The maximum Gasteiger partial charge on any atom is 0.279 e. The van der Waals surface area contributed by atoms with Crippen LogP contribution in [0.1, 0.15) is 18.1 Å². The molecule has 0 fully saturated rings. The summed E-state index contributed by atoms with van der Waals surface area (Å²) in [6.45, 7) is 2.11. The molecule has 1 aliphatic heterocycles. The van der Waals surface area contributed by atoms with E-state index < -0.39 is 22.3 Å². The summed E-state index contributed by atoms with van der Waals surface area (Å²) >= 11 is 0. The molecule has 0 bridgehead atoms. The summed E-state index contributed by atoms with van der Waals surface area (Å²) in [5.74, 6) is -1.23. The van der Waals surface area contributed by atoms with Crippen LogP contribution in [0.25, 0.3) is 6.08 Å². The minimum absolute atomic E-state index is 0.0330. The average Bonchev–Trinajstić information content (AvgIpc) is 3.04. The molecule has 3 rings (SSSR count). The van der Waals surface area contributed by atoms with E-state index in [9.17, 15) is 24.1 Å². The van der Waals surface area contributed by atoms with Gasteiger partial charge in [-0.1, -0.05) is 0 Å². The van der Waals surface area contributed by atoms with E-state index in [-0.39, 0.29) is 11.5 Å². The van der Waals surface area contributed by atoms with Crippen molar-refractivity contribution in [3.05, 3.63) is 69.5 Å². The Labute approximate surface area is 154 Å². The van der Waals surface area contributed by atoms with Gasteiger partial charge in [-0.3, -0.25) is 19.7 Å². The number of nitro benzene ring substituents is 1. The molecule has 0 atom stereocenters. The van der Waals surface area contributed by atoms with Gasteiger partial charge in [-0.25, -0.2) is 4.39 Å². The Balaban J connectivity index is 1.73. The standard InChI is InChI=1S/C19H16FN3O4/c1-12(24)22-9-8-14-10-16(5-6-17(14)22)21-19(25)7-3-13-2-4-15(20)11-18(13)23(26)27/h2-7,10-11H,8-9H2,1H3,(H,21,25). The first kappa shape index (κ1) is 18.2. The zero-order valence-electron chi connectivity index (χ0n) is 14.4. The van der Waals surface area contributed by atoms with Gasteiger partial charge in [0.25, 0.3) is 5.69 Å². The number of amides is 2. The molecule has 0 radical (unpaired) electrons. The van der Waals surface area contributed by atoms with E-state index in [4.69, 9.17) is 0 Å². The molecule has 1 aliphatic rings. The normalized spacial score (nSPS) is 12.9. The van der Waals surface area contributed by atoms with Gasteiger partial charge in [0.1, 0.15) is 5.82 Å². The number of carbonyl (C=O) groups excluding carboxylic acids is 2. The lowest BCUT2D eigenvalue weighted by molar-refractivity contribution is -0.385. The first-order chi connectivity index (χ1) is 12.8. The minimum Gasteiger partial charge on any atom is -0.323 e. The summed E-state index contributed by atoms with van der Waals surface area (Å²) in [5.41, 5.74) is 2.06. The van der Waals surface area contributed by atoms with Gasteiger partial charge in [0.15, 0.2) is 0 Å². The van der Waals surface area contributed by atoms with Crippen LogP contribution >= 0.6 is 0 Å². The second-order valence-electron chi connectivity index (χ2n) is 6.05. The number of hydrogen-bond acceptors (Lipinski definition) is 4. The molecule has 1 N–H and O–H groups in total. The number of benzene rings is 2. The lowest BCUT2D eigenvalue weighted by Gasteiger charge is -2.14. The molecule has 2 aromatic rings. The molecular formula is C19H16FN3O4. The van der Waals surface area contributed by atoms with Crippen molar-refractivity contribution in [2.24, 2.45) is 0 Å². The Kier molecular flexibility index (Phi) is 4.98. The molecule has 0 saturated carbocycles. The van der Waals surface area contributed by atoms with Gasteiger partial charge in [0, 0.05) is 30.9 Å². The van der Waals surface area contributed by atoms with Crippen molar-refractivity contribution < 1.29 is 18.9 Å². The van der Waals surface area contributed by atoms with Crippen molar-refractivity contribution >= 4 is 35.0 Å². The molecule has 8 heteroatoms. The predicted molar refractivity (Wildman–Crippen MR) is 98.9 cm³/mol. The molecule has 27 heavy (non-hydrogen) atoms. The molecule has 0 spiro atoms. The largest absolute Gasteiger partial charge is 0.323 e. The van der Waals surface area contributed by atoms with Crippen LogP contribution in [-0.4, -0.2) is 23.3 Å². The summed E-state index contributed by atoms with van der Waals surface area (Å²) in [5, 5.41) is 13.6. The number of halogens is 1. The second-order valence-corrected chi connectivity index (χ2v) is 6.05. The van der Waals surface area contributed by atoms with Gasteiger partial charge < -0.3 is 10.2 Å². The highest BCUT2D eigenvalue weighted by Crippen LogP contribution is 2.30. The number of nitro groups is 1. The first-order valence-corrected chi connectivity index (χ1v) is 8.19. The molecule has 0 unspecified atom stereocenters. The van der Waals surface area contributed by atoms with Crippen molar-refractivity contribution in [1.82, 2.24) is 0 Å². The van der Waals surface area contributed by atoms with Crippen molar-refractivity contribution in [2.75, 3.05) is 16.8 Å². The number of carbonyl (C=O) groups is 2. The topological polar surface area (TPSA) is 92.6 Å². The fourth-order valence-corrected chi connectivity index (χ4v) is 2.97. The molecular weight excluding hydrogens is 353 g/mol. The molecule has 2 amide bonds. The average molecular weight is 369 g/mol. The SMILES string of the molecule is CC(=O)N1CCc2cc(NC(=O)C=Cc3ccc(F)cc3[N+](=O)[O-])ccc21. The monoisotopic (exact) mass is 369 g/mol. The van der Waals surface area contributed by atoms with E-state index in [0.29, 0.717) is 18.7 Å². The summed E-state index contributed by atoms with van der Waals surface area (Å²) in [7, 11) is 0. The molecule has 0 aromatic heterocycles. The maximum atomic E-state index is 13.1. The van der Waals surface area contributed by atoms with Crippen LogP contribution in [0.4, 0.5) is 21.5 Å². The van der Waals surface area contributed by atoms with Crippen LogP contribution in [-0.2, 0) is 16.0 Å². The molecule has 7 nitrogen and oxygen atoms in total.